The number of nitrogens with zero attached hydrogens (tertiary/aromatic N) is 3. The highest BCUT2D eigenvalue weighted by atomic mass is 16.5. The van der Waals surface area contributed by atoms with Crippen LogP contribution in [0.15, 0.2) is 48.8 Å². The van der Waals surface area contributed by atoms with Crippen molar-refractivity contribution in [2.24, 2.45) is 0 Å². The van der Waals surface area contributed by atoms with Crippen LogP contribution in [0, 0.1) is 0 Å². The Morgan fingerprint density at radius 1 is 0.897 bits per heavy atom. The molecule has 4 rings (SSSR count). The first-order chi connectivity index (χ1) is 14.2. The molecule has 1 atom stereocenters. The van der Waals surface area contributed by atoms with E-state index in [4.69, 9.17) is 18.9 Å². The fraction of sp³-hybridized carbons (Fsp3) is 0.238. The molecule has 8 heteroatoms. The lowest BCUT2D eigenvalue weighted by atomic mass is 10.0. The highest BCUT2D eigenvalue weighted by Crippen LogP contribution is 2.42. The first kappa shape index (κ1) is 18.7. The average Bonchev–Trinajstić information content (AvgIpc) is 3.26. The van der Waals surface area contributed by atoms with Crippen molar-refractivity contribution in [1.29, 1.82) is 0 Å². The lowest BCUT2D eigenvalue weighted by Crippen LogP contribution is -2.20. The Kier molecular flexibility index (Phi) is 4.99. The largest absolute Gasteiger partial charge is 0.497 e. The first-order valence-corrected chi connectivity index (χ1v) is 9.01. The summed E-state index contributed by atoms with van der Waals surface area (Å²) in [7, 11) is 6.43. The smallest absolute Gasteiger partial charge is 0.226 e. The summed E-state index contributed by atoms with van der Waals surface area (Å²) in [6, 6.07) is 11.5. The van der Waals surface area contributed by atoms with Crippen LogP contribution in [-0.2, 0) is 0 Å². The summed E-state index contributed by atoms with van der Waals surface area (Å²) < 4.78 is 23.5. The van der Waals surface area contributed by atoms with Crippen LogP contribution in [0.25, 0.3) is 5.70 Å². The minimum Gasteiger partial charge on any atom is -0.497 e. The third kappa shape index (κ3) is 3.33. The number of hydrogen-bond donors (Lipinski definition) is 1. The van der Waals surface area contributed by atoms with E-state index in [0.29, 0.717) is 23.2 Å². The molecule has 2 aromatic carbocycles. The van der Waals surface area contributed by atoms with Crippen LogP contribution in [0.4, 0.5) is 5.95 Å². The SMILES string of the molecule is COc1ccc(C2=C[C@@H](c3cc(OC)c(OC)c(OC)c3)n3ncnc3N2)cc1. The van der Waals surface area contributed by atoms with Gasteiger partial charge in [-0.05, 0) is 53.6 Å². The molecule has 0 aliphatic carbocycles. The Balaban J connectivity index is 1.82. The summed E-state index contributed by atoms with van der Waals surface area (Å²) in [5.74, 6) is 3.17. The summed E-state index contributed by atoms with van der Waals surface area (Å²) in [5, 5.41) is 7.72. The van der Waals surface area contributed by atoms with E-state index in [1.165, 1.54) is 6.33 Å². The Labute approximate surface area is 168 Å². The molecule has 1 aliphatic heterocycles. The van der Waals surface area contributed by atoms with Crippen LogP contribution in [0.5, 0.6) is 23.0 Å². The molecule has 2 heterocycles. The van der Waals surface area contributed by atoms with Crippen molar-refractivity contribution >= 4 is 11.6 Å². The lowest BCUT2D eigenvalue weighted by Gasteiger charge is -2.25. The van der Waals surface area contributed by atoms with Crippen LogP contribution >= 0.6 is 0 Å². The molecule has 3 aromatic rings. The Hall–Kier alpha value is -3.68. The molecule has 0 bridgehead atoms. The minimum absolute atomic E-state index is 0.209. The first-order valence-electron chi connectivity index (χ1n) is 9.01. The van der Waals surface area contributed by atoms with E-state index in [9.17, 15) is 0 Å². The Morgan fingerprint density at radius 3 is 2.17 bits per heavy atom. The summed E-state index contributed by atoms with van der Waals surface area (Å²) in [6.45, 7) is 0. The van der Waals surface area contributed by atoms with Crippen LogP contribution in [-0.4, -0.2) is 43.2 Å². The molecule has 0 amide bonds. The molecule has 29 heavy (non-hydrogen) atoms. The van der Waals surface area contributed by atoms with Crippen molar-refractivity contribution in [3.05, 3.63) is 59.9 Å². The maximum Gasteiger partial charge on any atom is 0.226 e. The van der Waals surface area contributed by atoms with Gasteiger partial charge in [0.25, 0.3) is 0 Å². The summed E-state index contributed by atoms with van der Waals surface area (Å²) in [4.78, 5) is 4.35. The van der Waals surface area contributed by atoms with Gasteiger partial charge in [0.2, 0.25) is 11.7 Å². The van der Waals surface area contributed by atoms with Crippen molar-refractivity contribution in [2.45, 2.75) is 6.04 Å². The van der Waals surface area contributed by atoms with Crippen molar-refractivity contribution in [3.8, 4) is 23.0 Å². The highest BCUT2D eigenvalue weighted by Gasteiger charge is 2.26. The molecule has 8 nitrogen and oxygen atoms in total. The van der Waals surface area contributed by atoms with E-state index in [-0.39, 0.29) is 6.04 Å². The average molecular weight is 394 g/mol. The van der Waals surface area contributed by atoms with E-state index >= 15 is 0 Å². The second-order valence-corrected chi connectivity index (χ2v) is 6.37. The molecule has 150 valence electrons. The van der Waals surface area contributed by atoms with E-state index in [1.807, 2.05) is 41.1 Å². The minimum atomic E-state index is -0.209. The van der Waals surface area contributed by atoms with Gasteiger partial charge >= 0.3 is 0 Å². The third-order valence-electron chi connectivity index (χ3n) is 4.84. The van der Waals surface area contributed by atoms with Gasteiger partial charge < -0.3 is 24.3 Å². The van der Waals surface area contributed by atoms with Crippen molar-refractivity contribution in [3.63, 3.8) is 0 Å². The number of fused-ring (bicyclic) bond motifs is 1. The van der Waals surface area contributed by atoms with Gasteiger partial charge in [-0.25, -0.2) is 4.68 Å². The molecule has 0 saturated carbocycles. The van der Waals surface area contributed by atoms with Crippen molar-refractivity contribution in [1.82, 2.24) is 14.8 Å². The predicted octanol–water partition coefficient (Wildman–Crippen LogP) is 3.37. The maximum atomic E-state index is 5.52. The number of anilines is 1. The molecule has 1 aliphatic rings. The number of ether oxygens (including phenoxy) is 4. The summed E-state index contributed by atoms with van der Waals surface area (Å²) in [6.07, 6.45) is 3.61. The number of nitrogens with one attached hydrogen (secondary N) is 1. The van der Waals surface area contributed by atoms with Gasteiger partial charge in [-0.1, -0.05) is 0 Å². The molecule has 1 aromatic heterocycles. The zero-order chi connectivity index (χ0) is 20.4. The van der Waals surface area contributed by atoms with Gasteiger partial charge in [0.15, 0.2) is 11.5 Å². The number of methoxy groups -OCH3 is 4. The maximum absolute atomic E-state index is 5.52. The number of aromatic nitrogens is 3. The second-order valence-electron chi connectivity index (χ2n) is 6.37. The van der Waals surface area contributed by atoms with Gasteiger partial charge in [0.05, 0.1) is 28.4 Å². The van der Waals surface area contributed by atoms with Crippen LogP contribution < -0.4 is 24.3 Å². The molecule has 0 radical (unpaired) electrons. The molecular weight excluding hydrogens is 372 g/mol. The summed E-state index contributed by atoms with van der Waals surface area (Å²) in [5.41, 5.74) is 2.86. The third-order valence-corrected chi connectivity index (χ3v) is 4.84. The summed E-state index contributed by atoms with van der Waals surface area (Å²) >= 11 is 0. The molecular formula is C21H22N4O4. The predicted molar refractivity (Wildman–Crippen MR) is 109 cm³/mol. The molecule has 0 fully saturated rings. The molecule has 0 spiro atoms. The lowest BCUT2D eigenvalue weighted by molar-refractivity contribution is 0.323. The van der Waals surface area contributed by atoms with Crippen molar-refractivity contribution in [2.75, 3.05) is 33.8 Å². The van der Waals surface area contributed by atoms with Gasteiger partial charge in [0, 0.05) is 5.70 Å². The fourth-order valence-corrected chi connectivity index (χ4v) is 3.38. The number of rotatable bonds is 6. The van der Waals surface area contributed by atoms with Gasteiger partial charge in [-0.2, -0.15) is 10.1 Å². The molecule has 0 saturated heterocycles. The quantitative estimate of drug-likeness (QED) is 0.687. The van der Waals surface area contributed by atoms with Crippen LogP contribution in [0.2, 0.25) is 0 Å². The van der Waals surface area contributed by atoms with Gasteiger partial charge in [-0.3, -0.25) is 0 Å². The number of benzene rings is 2. The van der Waals surface area contributed by atoms with Crippen LogP contribution in [0.1, 0.15) is 17.2 Å². The van der Waals surface area contributed by atoms with Gasteiger partial charge in [0.1, 0.15) is 18.1 Å². The Morgan fingerprint density at radius 2 is 1.59 bits per heavy atom. The van der Waals surface area contributed by atoms with Crippen LogP contribution in [0.3, 0.4) is 0 Å². The van der Waals surface area contributed by atoms with E-state index in [0.717, 1.165) is 22.6 Å². The van der Waals surface area contributed by atoms with E-state index < -0.39 is 0 Å². The zero-order valence-electron chi connectivity index (χ0n) is 16.7. The van der Waals surface area contributed by atoms with Gasteiger partial charge in [-0.15, -0.1) is 0 Å². The topological polar surface area (TPSA) is 79.7 Å². The fourth-order valence-electron chi connectivity index (χ4n) is 3.38. The second kappa shape index (κ2) is 7.75. The highest BCUT2D eigenvalue weighted by molar-refractivity contribution is 5.77. The number of hydrogen-bond acceptors (Lipinski definition) is 7. The normalized spacial score (nSPS) is 15.0. The van der Waals surface area contributed by atoms with E-state index in [2.05, 4.69) is 21.5 Å². The monoisotopic (exact) mass is 394 g/mol. The molecule has 1 N–H and O–H groups in total. The van der Waals surface area contributed by atoms with Crippen molar-refractivity contribution < 1.29 is 18.9 Å². The Bertz CT molecular complexity index is 1020. The number of allylic oxidation sites excluding steroid dienone is 1. The standard InChI is InChI=1S/C21H22N4O4/c1-26-15-7-5-13(6-8-15)16-11-17(25-21(24-16)22-12-23-25)14-9-18(27-2)20(29-4)19(10-14)28-3/h5-12,17H,1-4H3,(H,22,23,24)/t17-/m0/s1. The molecule has 0 unspecified atom stereocenters. The van der Waals surface area contributed by atoms with E-state index in [1.54, 1.807) is 28.4 Å². The zero-order valence-corrected chi connectivity index (χ0v) is 16.7.